The van der Waals surface area contributed by atoms with Crippen molar-refractivity contribution in [1.82, 2.24) is 10.5 Å². The maximum atomic E-state index is 12.7. The molecule has 5 nitrogen and oxygen atoms in total. The molecule has 1 amide bonds. The number of carbonyl (C=O) groups is 1. The number of amides is 1. The lowest BCUT2D eigenvalue weighted by Gasteiger charge is -2.26. The quantitative estimate of drug-likeness (QED) is 0.409. The normalized spacial score (nSPS) is 12.8. The number of rotatable bonds is 8. The lowest BCUT2D eigenvalue weighted by molar-refractivity contribution is -0.126. The molecule has 0 aliphatic carbocycles. The van der Waals surface area contributed by atoms with Gasteiger partial charge in [0, 0.05) is 11.6 Å². The predicted molar refractivity (Wildman–Crippen MR) is 114 cm³/mol. The summed E-state index contributed by atoms with van der Waals surface area (Å²) in [6.45, 7) is 9.39. The van der Waals surface area contributed by atoms with Gasteiger partial charge in [0.15, 0.2) is 0 Å². The minimum absolute atomic E-state index is 0.256. The Balaban J connectivity index is 2.18. The molecular weight excluding hydrogens is 372 g/mol. The number of aromatic nitrogens is 1. The van der Waals surface area contributed by atoms with Crippen molar-refractivity contribution >= 4 is 23.7 Å². The number of carbonyl (C=O) groups excluding carboxylic acids is 1. The van der Waals surface area contributed by atoms with Gasteiger partial charge in [-0.05, 0) is 56.4 Å². The highest BCUT2D eigenvalue weighted by atomic mass is 32.2. The molecule has 0 saturated carbocycles. The molecule has 0 aliphatic heterocycles. The van der Waals surface area contributed by atoms with Crippen LogP contribution in [0.1, 0.15) is 30.7 Å². The molecule has 1 aromatic carbocycles. The van der Waals surface area contributed by atoms with Crippen LogP contribution in [0.5, 0.6) is 5.75 Å². The van der Waals surface area contributed by atoms with Crippen LogP contribution < -0.4 is 10.1 Å². The standard InChI is InChI=1S/C22H24N2O3S/c1-7-16(8-2)13-17-14-18(10-9-15(17)3)27-21(28-6)20(25)23-22(4,5)19-11-12-26-24-19/h1,8-14,21H,2H2,3-6H3,(H,23,25). The monoisotopic (exact) mass is 396 g/mol. The number of nitrogens with one attached hydrogen (secondary N) is 1. The number of nitrogens with zero attached hydrogens (tertiary/aromatic N) is 1. The van der Waals surface area contributed by atoms with Crippen LogP contribution in [-0.4, -0.2) is 22.8 Å². The highest BCUT2D eigenvalue weighted by Crippen LogP contribution is 2.24. The highest BCUT2D eigenvalue weighted by molar-refractivity contribution is 7.99. The summed E-state index contributed by atoms with van der Waals surface area (Å²) in [6, 6.07) is 7.33. The Hall–Kier alpha value is -2.91. The molecular formula is C22H24N2O3S. The summed E-state index contributed by atoms with van der Waals surface area (Å²) in [5.41, 5.74) is 1.85. The van der Waals surface area contributed by atoms with Gasteiger partial charge in [-0.25, -0.2) is 0 Å². The van der Waals surface area contributed by atoms with Crippen LogP contribution in [0.3, 0.4) is 0 Å². The van der Waals surface area contributed by atoms with Gasteiger partial charge in [-0.1, -0.05) is 29.8 Å². The Kier molecular flexibility index (Phi) is 7.13. The number of allylic oxidation sites excluding steroid dienone is 2. The molecule has 0 fully saturated rings. The Morgan fingerprint density at radius 3 is 2.79 bits per heavy atom. The Morgan fingerprint density at radius 1 is 1.46 bits per heavy atom. The van der Waals surface area contributed by atoms with E-state index in [-0.39, 0.29) is 5.91 Å². The number of hydrogen-bond donors (Lipinski definition) is 1. The summed E-state index contributed by atoms with van der Waals surface area (Å²) in [5.74, 6) is 2.90. The average Bonchev–Trinajstić information content (AvgIpc) is 3.21. The van der Waals surface area contributed by atoms with E-state index >= 15 is 0 Å². The van der Waals surface area contributed by atoms with Crippen LogP contribution in [0.25, 0.3) is 6.08 Å². The van der Waals surface area contributed by atoms with Crippen molar-refractivity contribution in [2.75, 3.05) is 6.26 Å². The van der Waals surface area contributed by atoms with Crippen LogP contribution in [-0.2, 0) is 10.3 Å². The van der Waals surface area contributed by atoms with Gasteiger partial charge in [0.25, 0.3) is 5.91 Å². The van der Waals surface area contributed by atoms with E-state index in [1.54, 1.807) is 12.1 Å². The van der Waals surface area contributed by atoms with Crippen molar-refractivity contribution in [2.45, 2.75) is 31.7 Å². The van der Waals surface area contributed by atoms with E-state index in [1.807, 2.05) is 51.3 Å². The van der Waals surface area contributed by atoms with E-state index in [1.165, 1.54) is 18.0 Å². The molecule has 1 unspecified atom stereocenters. The minimum atomic E-state index is -0.725. The van der Waals surface area contributed by atoms with Crippen molar-refractivity contribution < 1.29 is 14.1 Å². The summed E-state index contributed by atoms with van der Waals surface area (Å²) in [7, 11) is 0. The summed E-state index contributed by atoms with van der Waals surface area (Å²) in [4.78, 5) is 12.7. The first-order valence-electron chi connectivity index (χ1n) is 8.64. The Labute approximate surface area is 170 Å². The van der Waals surface area contributed by atoms with E-state index in [9.17, 15) is 4.79 Å². The van der Waals surface area contributed by atoms with Crippen LogP contribution in [0.2, 0.25) is 0 Å². The van der Waals surface area contributed by atoms with Crippen LogP contribution in [0.15, 0.2) is 53.3 Å². The fourth-order valence-electron chi connectivity index (χ4n) is 2.47. The summed E-state index contributed by atoms with van der Waals surface area (Å²) in [6.07, 6.45) is 12.2. The number of hydrogen-bond acceptors (Lipinski definition) is 5. The van der Waals surface area contributed by atoms with E-state index < -0.39 is 11.0 Å². The molecule has 0 saturated heterocycles. The van der Waals surface area contributed by atoms with Crippen molar-refractivity contribution in [3.8, 4) is 18.1 Å². The largest absolute Gasteiger partial charge is 0.470 e. The fraction of sp³-hybridized carbons (Fsp3) is 0.273. The zero-order valence-electron chi connectivity index (χ0n) is 16.5. The molecule has 0 aliphatic rings. The van der Waals surface area contributed by atoms with E-state index in [4.69, 9.17) is 15.7 Å². The molecule has 2 rings (SSSR count). The second-order valence-corrected chi connectivity index (χ2v) is 7.55. The predicted octanol–water partition coefficient (Wildman–Crippen LogP) is 4.31. The Morgan fingerprint density at radius 2 is 2.21 bits per heavy atom. The minimum Gasteiger partial charge on any atom is -0.470 e. The fourth-order valence-corrected chi connectivity index (χ4v) is 2.95. The van der Waals surface area contributed by atoms with Gasteiger partial charge >= 0.3 is 0 Å². The third kappa shape index (κ3) is 5.30. The second-order valence-electron chi connectivity index (χ2n) is 6.65. The zero-order valence-corrected chi connectivity index (χ0v) is 17.3. The average molecular weight is 397 g/mol. The molecule has 1 heterocycles. The number of benzene rings is 1. The van der Waals surface area contributed by atoms with Gasteiger partial charge in [0.2, 0.25) is 5.44 Å². The van der Waals surface area contributed by atoms with Gasteiger partial charge in [-0.3, -0.25) is 4.79 Å². The molecule has 146 valence electrons. The molecule has 1 aromatic heterocycles. The van der Waals surface area contributed by atoms with Crippen LogP contribution >= 0.6 is 11.8 Å². The number of terminal acetylenes is 1. The SMILES string of the molecule is C#CC(C=C)=Cc1cc(OC(SC)C(=O)NC(C)(C)c2ccon2)ccc1C. The van der Waals surface area contributed by atoms with E-state index in [0.29, 0.717) is 17.0 Å². The first kappa shape index (κ1) is 21.4. The Bertz CT molecular complexity index is 908. The summed E-state index contributed by atoms with van der Waals surface area (Å²) >= 11 is 1.30. The zero-order chi connectivity index (χ0) is 20.7. The number of ether oxygens (including phenoxy) is 1. The molecule has 0 radical (unpaired) electrons. The summed E-state index contributed by atoms with van der Waals surface area (Å²) < 4.78 is 10.8. The maximum absolute atomic E-state index is 12.7. The smallest absolute Gasteiger partial charge is 0.272 e. The first-order valence-corrected chi connectivity index (χ1v) is 9.93. The lowest BCUT2D eigenvalue weighted by atomic mass is 10.0. The molecule has 0 bridgehead atoms. The molecule has 1 N–H and O–H groups in total. The van der Waals surface area contributed by atoms with Crippen molar-refractivity contribution in [3.63, 3.8) is 0 Å². The van der Waals surface area contributed by atoms with Gasteiger partial charge < -0.3 is 14.6 Å². The molecule has 6 heteroatoms. The highest BCUT2D eigenvalue weighted by Gasteiger charge is 2.30. The maximum Gasteiger partial charge on any atom is 0.272 e. The van der Waals surface area contributed by atoms with E-state index in [2.05, 4.69) is 23.0 Å². The second kappa shape index (κ2) is 9.34. The third-order valence-corrected chi connectivity index (χ3v) is 4.87. The third-order valence-electron chi connectivity index (χ3n) is 4.13. The van der Waals surface area contributed by atoms with Crippen molar-refractivity contribution in [3.05, 3.63) is 65.6 Å². The van der Waals surface area contributed by atoms with Crippen molar-refractivity contribution in [2.24, 2.45) is 0 Å². The molecule has 28 heavy (non-hydrogen) atoms. The topological polar surface area (TPSA) is 64.4 Å². The van der Waals surface area contributed by atoms with Crippen molar-refractivity contribution in [1.29, 1.82) is 0 Å². The first-order chi connectivity index (χ1) is 13.3. The molecule has 0 spiro atoms. The molecule has 2 aromatic rings. The van der Waals surface area contributed by atoms with Crippen LogP contribution in [0.4, 0.5) is 0 Å². The van der Waals surface area contributed by atoms with Gasteiger partial charge in [-0.15, -0.1) is 18.2 Å². The number of aryl methyl sites for hydroxylation is 1. The summed E-state index contributed by atoms with van der Waals surface area (Å²) in [5, 5.41) is 6.85. The lowest BCUT2D eigenvalue weighted by Crippen LogP contribution is -2.46. The van der Waals surface area contributed by atoms with Gasteiger partial charge in [0.1, 0.15) is 17.7 Å². The molecule has 1 atom stereocenters. The van der Waals surface area contributed by atoms with E-state index in [0.717, 1.165) is 11.1 Å². The van der Waals surface area contributed by atoms with Crippen LogP contribution in [0, 0.1) is 19.3 Å². The van der Waals surface area contributed by atoms with Gasteiger partial charge in [-0.2, -0.15) is 0 Å². The number of thioether (sulfide) groups is 1. The van der Waals surface area contributed by atoms with Gasteiger partial charge in [0.05, 0.1) is 5.54 Å².